The molecular weight excluding hydrogens is 389 g/mol. The van der Waals surface area contributed by atoms with Gasteiger partial charge in [-0.1, -0.05) is 35.3 Å². The first-order chi connectivity index (χ1) is 12.6. The molecule has 3 aromatic carbocycles. The van der Waals surface area contributed by atoms with Gasteiger partial charge in [0.05, 0.1) is 20.8 Å². The van der Waals surface area contributed by atoms with Gasteiger partial charge in [0.25, 0.3) is 0 Å². The van der Waals surface area contributed by atoms with Crippen molar-refractivity contribution in [1.82, 2.24) is 4.98 Å². The molecule has 0 saturated heterocycles. The highest BCUT2D eigenvalue weighted by Gasteiger charge is 2.13. The first-order valence-electron chi connectivity index (χ1n) is 7.73. The highest BCUT2D eigenvalue weighted by Crippen LogP contribution is 2.31. The number of ether oxygens (including phenoxy) is 1. The zero-order valence-electron chi connectivity index (χ0n) is 13.3. The molecule has 6 heteroatoms. The van der Waals surface area contributed by atoms with Gasteiger partial charge in [-0.3, -0.25) is 0 Å². The molecule has 26 heavy (non-hydrogen) atoms. The van der Waals surface area contributed by atoms with E-state index < -0.39 is 5.97 Å². The number of hydrogen-bond acceptors (Lipinski definition) is 4. The van der Waals surface area contributed by atoms with E-state index in [9.17, 15) is 4.79 Å². The molecule has 3 nitrogen and oxygen atoms in total. The number of para-hydroxylation sites is 1. The van der Waals surface area contributed by atoms with Crippen molar-refractivity contribution in [2.45, 2.75) is 0 Å². The van der Waals surface area contributed by atoms with Gasteiger partial charge in [-0.15, -0.1) is 11.3 Å². The monoisotopic (exact) mass is 399 g/mol. The van der Waals surface area contributed by atoms with Crippen molar-refractivity contribution in [3.05, 3.63) is 82.3 Å². The third-order valence-corrected chi connectivity index (χ3v) is 5.39. The summed E-state index contributed by atoms with van der Waals surface area (Å²) in [6.07, 6.45) is 0. The number of hydrogen-bond donors (Lipinski definition) is 0. The molecule has 0 spiro atoms. The van der Waals surface area contributed by atoms with Gasteiger partial charge in [0.2, 0.25) is 0 Å². The van der Waals surface area contributed by atoms with E-state index in [1.807, 2.05) is 36.4 Å². The molecule has 0 radical (unpaired) electrons. The third-order valence-electron chi connectivity index (χ3n) is 3.76. The molecule has 4 rings (SSSR count). The van der Waals surface area contributed by atoms with Crippen LogP contribution in [-0.4, -0.2) is 11.0 Å². The molecule has 0 N–H and O–H groups in total. The maximum Gasteiger partial charge on any atom is 0.345 e. The second-order valence-electron chi connectivity index (χ2n) is 5.52. The van der Waals surface area contributed by atoms with Crippen LogP contribution in [0, 0.1) is 0 Å². The summed E-state index contributed by atoms with van der Waals surface area (Å²) >= 11 is 13.5. The number of rotatable bonds is 3. The summed E-state index contributed by atoms with van der Waals surface area (Å²) in [5.74, 6) is -0.0923. The second-order valence-corrected chi connectivity index (χ2v) is 7.40. The Balaban J connectivity index is 1.55. The van der Waals surface area contributed by atoms with Crippen LogP contribution in [0.1, 0.15) is 10.4 Å². The molecule has 0 unspecified atom stereocenters. The molecule has 0 aliphatic rings. The standard InChI is InChI=1S/C20H11Cl2NO2S/c21-13-7-10-15(16(22)11-13)20(24)25-14-8-5-12(6-9-14)19-23-17-3-1-2-4-18(17)26-19/h1-11H. The molecule has 1 heterocycles. The summed E-state index contributed by atoms with van der Waals surface area (Å²) in [7, 11) is 0. The summed E-state index contributed by atoms with van der Waals surface area (Å²) in [6, 6.07) is 19.9. The molecule has 0 atom stereocenters. The first kappa shape index (κ1) is 17.0. The van der Waals surface area contributed by atoms with E-state index in [2.05, 4.69) is 4.98 Å². The van der Waals surface area contributed by atoms with E-state index in [4.69, 9.17) is 27.9 Å². The van der Waals surface area contributed by atoms with Crippen molar-refractivity contribution in [1.29, 1.82) is 0 Å². The van der Waals surface area contributed by atoms with Gasteiger partial charge in [0, 0.05) is 10.6 Å². The van der Waals surface area contributed by atoms with E-state index in [1.54, 1.807) is 35.6 Å². The van der Waals surface area contributed by atoms with Crippen molar-refractivity contribution in [3.8, 4) is 16.3 Å². The van der Waals surface area contributed by atoms with Crippen LogP contribution in [0.25, 0.3) is 20.8 Å². The lowest BCUT2D eigenvalue weighted by molar-refractivity contribution is 0.0735. The van der Waals surface area contributed by atoms with E-state index >= 15 is 0 Å². The molecule has 0 fully saturated rings. The molecule has 0 amide bonds. The van der Waals surface area contributed by atoms with Crippen molar-refractivity contribution >= 4 is 50.7 Å². The summed E-state index contributed by atoms with van der Waals surface area (Å²) in [5.41, 5.74) is 2.21. The van der Waals surface area contributed by atoms with Crippen LogP contribution < -0.4 is 4.74 Å². The fraction of sp³-hybridized carbons (Fsp3) is 0. The summed E-state index contributed by atoms with van der Waals surface area (Å²) in [4.78, 5) is 16.9. The quantitative estimate of drug-likeness (QED) is 0.292. The van der Waals surface area contributed by atoms with Gasteiger partial charge in [-0.2, -0.15) is 0 Å². The predicted molar refractivity (Wildman–Crippen MR) is 106 cm³/mol. The van der Waals surface area contributed by atoms with E-state index in [0.29, 0.717) is 10.8 Å². The average molecular weight is 400 g/mol. The summed E-state index contributed by atoms with van der Waals surface area (Å²) in [6.45, 7) is 0. The number of carbonyl (C=O) groups is 1. The number of halogens is 2. The van der Waals surface area contributed by atoms with Gasteiger partial charge in [-0.25, -0.2) is 9.78 Å². The van der Waals surface area contributed by atoms with Crippen molar-refractivity contribution in [2.24, 2.45) is 0 Å². The van der Waals surface area contributed by atoms with Crippen LogP contribution in [0.5, 0.6) is 5.75 Å². The van der Waals surface area contributed by atoms with Gasteiger partial charge in [0.1, 0.15) is 10.8 Å². The zero-order valence-corrected chi connectivity index (χ0v) is 15.6. The topological polar surface area (TPSA) is 39.2 Å². The lowest BCUT2D eigenvalue weighted by atomic mass is 10.2. The predicted octanol–water partition coefficient (Wildman–Crippen LogP) is 6.49. The van der Waals surface area contributed by atoms with Crippen LogP contribution >= 0.6 is 34.5 Å². The Morgan fingerprint density at radius 3 is 2.46 bits per heavy atom. The number of fused-ring (bicyclic) bond motifs is 1. The highest BCUT2D eigenvalue weighted by molar-refractivity contribution is 7.21. The van der Waals surface area contributed by atoms with E-state index in [1.165, 1.54) is 6.07 Å². The minimum atomic E-state index is -0.528. The van der Waals surface area contributed by atoms with Crippen molar-refractivity contribution in [3.63, 3.8) is 0 Å². The SMILES string of the molecule is O=C(Oc1ccc(-c2nc3ccccc3s2)cc1)c1ccc(Cl)cc1Cl. The maximum absolute atomic E-state index is 12.3. The Labute approximate surface area is 163 Å². The van der Waals surface area contributed by atoms with Crippen molar-refractivity contribution < 1.29 is 9.53 Å². The molecule has 0 saturated carbocycles. The molecule has 1 aromatic heterocycles. The Bertz CT molecular complexity index is 1070. The smallest absolute Gasteiger partial charge is 0.345 e. The lowest BCUT2D eigenvalue weighted by Gasteiger charge is -2.06. The van der Waals surface area contributed by atoms with Gasteiger partial charge in [0.15, 0.2) is 0 Å². The van der Waals surface area contributed by atoms with E-state index in [-0.39, 0.29) is 10.6 Å². The average Bonchev–Trinajstić information content (AvgIpc) is 3.06. The summed E-state index contributed by atoms with van der Waals surface area (Å²) in [5, 5.41) is 1.64. The Morgan fingerprint density at radius 2 is 1.73 bits per heavy atom. The number of nitrogens with zero attached hydrogens (tertiary/aromatic N) is 1. The number of benzene rings is 3. The van der Waals surface area contributed by atoms with Crippen LogP contribution in [0.3, 0.4) is 0 Å². The minimum Gasteiger partial charge on any atom is -0.423 e. The van der Waals surface area contributed by atoms with Gasteiger partial charge in [-0.05, 0) is 54.6 Å². The zero-order chi connectivity index (χ0) is 18.1. The van der Waals surface area contributed by atoms with Crippen LogP contribution in [0.2, 0.25) is 10.0 Å². The number of aromatic nitrogens is 1. The Morgan fingerprint density at radius 1 is 0.962 bits per heavy atom. The van der Waals surface area contributed by atoms with Crippen LogP contribution in [0.15, 0.2) is 66.7 Å². The minimum absolute atomic E-state index is 0.258. The fourth-order valence-electron chi connectivity index (χ4n) is 2.48. The maximum atomic E-state index is 12.3. The molecule has 0 aliphatic heterocycles. The fourth-order valence-corrected chi connectivity index (χ4v) is 3.94. The number of esters is 1. The number of carbonyl (C=O) groups excluding carboxylic acids is 1. The highest BCUT2D eigenvalue weighted by atomic mass is 35.5. The Hall–Kier alpha value is -2.40. The first-order valence-corrected chi connectivity index (χ1v) is 9.30. The molecule has 0 aliphatic carbocycles. The number of thiazole rings is 1. The second kappa shape index (κ2) is 7.08. The van der Waals surface area contributed by atoms with Crippen LogP contribution in [-0.2, 0) is 0 Å². The molecule has 4 aromatic rings. The third kappa shape index (κ3) is 3.44. The van der Waals surface area contributed by atoms with Gasteiger partial charge < -0.3 is 4.74 Å². The van der Waals surface area contributed by atoms with Gasteiger partial charge >= 0.3 is 5.97 Å². The van der Waals surface area contributed by atoms with E-state index in [0.717, 1.165) is 20.8 Å². The molecule has 128 valence electrons. The van der Waals surface area contributed by atoms with Crippen LogP contribution in [0.4, 0.5) is 0 Å². The molecular formula is C20H11Cl2NO2S. The normalized spacial score (nSPS) is 10.8. The molecule has 0 bridgehead atoms. The Kier molecular flexibility index (Phi) is 4.64. The lowest BCUT2D eigenvalue weighted by Crippen LogP contribution is -2.09. The van der Waals surface area contributed by atoms with Crippen molar-refractivity contribution in [2.75, 3.05) is 0 Å². The summed E-state index contributed by atoms with van der Waals surface area (Å²) < 4.78 is 6.52. The largest absolute Gasteiger partial charge is 0.423 e.